The van der Waals surface area contributed by atoms with Crippen molar-refractivity contribution < 1.29 is 0 Å². The van der Waals surface area contributed by atoms with Crippen LogP contribution in [0.2, 0.25) is 5.02 Å². The van der Waals surface area contributed by atoms with Gasteiger partial charge in [-0.15, -0.1) is 0 Å². The molecule has 19 heavy (non-hydrogen) atoms. The molecule has 104 valence electrons. The molecule has 1 aromatic carbocycles. The van der Waals surface area contributed by atoms with E-state index in [1.165, 1.54) is 37.8 Å². The summed E-state index contributed by atoms with van der Waals surface area (Å²) in [4.78, 5) is 2.64. The lowest BCUT2D eigenvalue weighted by Crippen LogP contribution is -2.56. The first-order valence-corrected chi connectivity index (χ1v) is 8.27. The maximum Gasteiger partial charge on any atom is 0.0549 e. The molecule has 2 saturated heterocycles. The molecule has 0 spiro atoms. The fourth-order valence-corrected chi connectivity index (χ4v) is 4.17. The van der Waals surface area contributed by atoms with Gasteiger partial charge in [0.05, 0.1) is 5.02 Å². The van der Waals surface area contributed by atoms with E-state index in [1.54, 1.807) is 0 Å². The highest BCUT2D eigenvalue weighted by Crippen LogP contribution is 2.39. The summed E-state index contributed by atoms with van der Waals surface area (Å²) in [6.07, 6.45) is 6.52. The molecular formula is C15H20BrClN2. The number of rotatable bonds is 2. The van der Waals surface area contributed by atoms with Crippen LogP contribution >= 0.6 is 27.5 Å². The second-order valence-electron chi connectivity index (χ2n) is 5.70. The minimum Gasteiger partial charge on any atom is -0.365 e. The summed E-state index contributed by atoms with van der Waals surface area (Å²) in [5.74, 6) is 0. The lowest BCUT2D eigenvalue weighted by Gasteiger charge is -2.50. The van der Waals surface area contributed by atoms with Crippen molar-refractivity contribution in [3.05, 3.63) is 27.7 Å². The van der Waals surface area contributed by atoms with Gasteiger partial charge < -0.3 is 10.2 Å². The van der Waals surface area contributed by atoms with Crippen molar-refractivity contribution in [1.29, 1.82) is 0 Å². The van der Waals surface area contributed by atoms with Crippen molar-refractivity contribution in [2.75, 3.05) is 11.9 Å². The number of piperidine rings is 2. The zero-order valence-electron chi connectivity index (χ0n) is 11.2. The van der Waals surface area contributed by atoms with Gasteiger partial charge in [0, 0.05) is 28.3 Å². The Labute approximate surface area is 128 Å². The first-order chi connectivity index (χ1) is 9.19. The molecule has 2 bridgehead atoms. The third kappa shape index (κ3) is 2.65. The zero-order valence-corrected chi connectivity index (χ0v) is 13.5. The highest BCUT2D eigenvalue weighted by Gasteiger charge is 2.37. The van der Waals surface area contributed by atoms with Crippen molar-refractivity contribution in [3.8, 4) is 0 Å². The van der Waals surface area contributed by atoms with Crippen LogP contribution in [0, 0.1) is 0 Å². The first kappa shape index (κ1) is 13.7. The van der Waals surface area contributed by atoms with E-state index < -0.39 is 0 Å². The summed E-state index contributed by atoms with van der Waals surface area (Å²) in [5, 5.41) is 4.26. The lowest BCUT2D eigenvalue weighted by atomic mass is 9.81. The predicted octanol–water partition coefficient (Wildman–Crippen LogP) is 4.21. The fraction of sp³-hybridized carbons (Fsp3) is 0.600. The van der Waals surface area contributed by atoms with Crippen LogP contribution in [0.15, 0.2) is 22.7 Å². The Morgan fingerprint density at radius 3 is 2.53 bits per heavy atom. The normalized spacial score (nSPS) is 30.5. The number of nitrogens with zero attached hydrogens (tertiary/aromatic N) is 1. The Kier molecular flexibility index (Phi) is 4.06. The molecule has 0 radical (unpaired) electrons. The second-order valence-corrected chi connectivity index (χ2v) is 6.96. The van der Waals surface area contributed by atoms with Gasteiger partial charge in [-0.2, -0.15) is 0 Å². The van der Waals surface area contributed by atoms with Crippen molar-refractivity contribution in [1.82, 2.24) is 5.32 Å². The van der Waals surface area contributed by atoms with Crippen LogP contribution in [0.1, 0.15) is 32.1 Å². The molecule has 0 aliphatic carbocycles. The van der Waals surface area contributed by atoms with E-state index in [0.29, 0.717) is 18.1 Å². The summed E-state index contributed by atoms with van der Waals surface area (Å²) in [5.41, 5.74) is 1.32. The Morgan fingerprint density at radius 2 is 1.95 bits per heavy atom. The Bertz CT molecular complexity index is 451. The molecule has 1 N–H and O–H groups in total. The maximum absolute atomic E-state index is 6.11. The van der Waals surface area contributed by atoms with Crippen LogP contribution in [0.5, 0.6) is 0 Å². The van der Waals surface area contributed by atoms with Gasteiger partial charge in [-0.25, -0.2) is 0 Å². The molecule has 2 aliphatic heterocycles. The summed E-state index contributed by atoms with van der Waals surface area (Å²) in [6, 6.07) is 8.38. The first-order valence-electron chi connectivity index (χ1n) is 7.09. The molecule has 0 amide bonds. The average Bonchev–Trinajstić information content (AvgIpc) is 2.40. The van der Waals surface area contributed by atoms with Gasteiger partial charge in [-0.3, -0.25) is 0 Å². The summed E-state index contributed by atoms with van der Waals surface area (Å²) in [7, 11) is 2.09. The lowest BCUT2D eigenvalue weighted by molar-refractivity contribution is 0.252. The number of hydrogen-bond acceptors (Lipinski definition) is 2. The minimum absolute atomic E-state index is 0.679. The highest BCUT2D eigenvalue weighted by atomic mass is 79.9. The summed E-state index contributed by atoms with van der Waals surface area (Å²) >= 11 is 9.66. The third-order valence-corrected chi connectivity index (χ3v) is 5.80. The molecule has 0 aromatic heterocycles. The van der Waals surface area contributed by atoms with Gasteiger partial charge in [0.1, 0.15) is 0 Å². The zero-order chi connectivity index (χ0) is 13.4. The number of hydrogen-bond donors (Lipinski definition) is 1. The van der Waals surface area contributed by atoms with E-state index in [1.807, 2.05) is 6.07 Å². The van der Waals surface area contributed by atoms with Crippen molar-refractivity contribution in [3.63, 3.8) is 0 Å². The van der Waals surface area contributed by atoms with Crippen LogP contribution in [-0.2, 0) is 0 Å². The number of fused-ring (bicyclic) bond motifs is 2. The fourth-order valence-electron chi connectivity index (χ4n) is 3.68. The minimum atomic E-state index is 0.679. The van der Waals surface area contributed by atoms with Gasteiger partial charge in [0.2, 0.25) is 0 Å². The molecule has 3 rings (SSSR count). The Hall–Kier alpha value is -0.250. The third-order valence-electron chi connectivity index (χ3n) is 4.58. The van der Waals surface area contributed by atoms with Crippen LogP contribution in [-0.4, -0.2) is 25.2 Å². The molecule has 0 saturated carbocycles. The summed E-state index contributed by atoms with van der Waals surface area (Å²) < 4.78 is 1.00. The molecule has 2 heterocycles. The predicted molar refractivity (Wildman–Crippen MR) is 85.1 cm³/mol. The second kappa shape index (κ2) is 5.63. The Balaban J connectivity index is 1.89. The van der Waals surface area contributed by atoms with Gasteiger partial charge in [-0.1, -0.05) is 11.6 Å². The van der Waals surface area contributed by atoms with E-state index in [9.17, 15) is 0 Å². The van der Waals surface area contributed by atoms with E-state index in [0.717, 1.165) is 9.50 Å². The number of nitrogens with one attached hydrogen (secondary N) is 1. The molecule has 2 fully saturated rings. The molecule has 1 aromatic rings. The molecule has 4 heteroatoms. The monoisotopic (exact) mass is 342 g/mol. The van der Waals surface area contributed by atoms with Crippen molar-refractivity contribution in [2.45, 2.75) is 50.2 Å². The SMILES string of the molecule is CNC1CC2CCCC(C1)N2c1ccc(Cl)c(Br)c1. The Morgan fingerprint density at radius 1 is 1.26 bits per heavy atom. The van der Waals surface area contributed by atoms with Gasteiger partial charge in [-0.05, 0) is 73.3 Å². The number of halogens is 2. The molecule has 2 nitrogen and oxygen atoms in total. The van der Waals surface area contributed by atoms with Crippen LogP contribution < -0.4 is 10.2 Å². The molecular weight excluding hydrogens is 324 g/mol. The molecule has 2 unspecified atom stereocenters. The van der Waals surface area contributed by atoms with E-state index in [2.05, 4.69) is 45.3 Å². The van der Waals surface area contributed by atoms with Gasteiger partial charge in [0.15, 0.2) is 0 Å². The largest absolute Gasteiger partial charge is 0.365 e. The van der Waals surface area contributed by atoms with Crippen molar-refractivity contribution >= 4 is 33.2 Å². The maximum atomic E-state index is 6.11. The van der Waals surface area contributed by atoms with Crippen LogP contribution in [0.3, 0.4) is 0 Å². The van der Waals surface area contributed by atoms with Crippen LogP contribution in [0.25, 0.3) is 0 Å². The van der Waals surface area contributed by atoms with Gasteiger partial charge in [0.25, 0.3) is 0 Å². The van der Waals surface area contributed by atoms with Gasteiger partial charge >= 0.3 is 0 Å². The number of benzene rings is 1. The van der Waals surface area contributed by atoms with Crippen LogP contribution in [0.4, 0.5) is 5.69 Å². The molecule has 2 atom stereocenters. The quantitative estimate of drug-likeness (QED) is 0.865. The number of anilines is 1. The smallest absolute Gasteiger partial charge is 0.0549 e. The van der Waals surface area contributed by atoms with E-state index in [4.69, 9.17) is 11.6 Å². The van der Waals surface area contributed by atoms with E-state index in [-0.39, 0.29) is 0 Å². The standard InChI is InChI=1S/C15H20BrClN2/c1-18-10-7-11-3-2-4-12(8-10)19(11)13-5-6-15(17)14(16)9-13/h5-6,9-12,18H,2-4,7-8H2,1H3. The average molecular weight is 344 g/mol. The topological polar surface area (TPSA) is 15.3 Å². The highest BCUT2D eigenvalue weighted by molar-refractivity contribution is 9.10. The van der Waals surface area contributed by atoms with Crippen molar-refractivity contribution in [2.24, 2.45) is 0 Å². The van der Waals surface area contributed by atoms with E-state index >= 15 is 0 Å². The summed E-state index contributed by atoms with van der Waals surface area (Å²) in [6.45, 7) is 0. The molecule has 2 aliphatic rings.